The van der Waals surface area contributed by atoms with E-state index in [2.05, 4.69) is 10.6 Å². The highest BCUT2D eigenvalue weighted by atomic mass is 16.2. The molecule has 0 radical (unpaired) electrons. The monoisotopic (exact) mass is 282 g/mol. The molecule has 2 aromatic rings. The molecule has 2 N–H and O–H groups in total. The number of carbonyl (C=O) groups is 2. The van der Waals surface area contributed by atoms with Crippen molar-refractivity contribution in [1.82, 2.24) is 0 Å². The van der Waals surface area contributed by atoms with Crippen LogP contribution in [0.3, 0.4) is 0 Å². The SMILES string of the molecule is CC(CC(=O)Nc1ccccc1)C(=O)Nc1ccccc1. The average Bonchev–Trinajstić information content (AvgIpc) is 2.49. The lowest BCUT2D eigenvalue weighted by atomic mass is 10.1. The Morgan fingerprint density at radius 1 is 0.857 bits per heavy atom. The van der Waals surface area contributed by atoms with Gasteiger partial charge in [-0.1, -0.05) is 43.3 Å². The molecular formula is C17H18N2O2. The molecule has 4 nitrogen and oxygen atoms in total. The Labute approximate surface area is 124 Å². The molecule has 2 rings (SSSR count). The Morgan fingerprint density at radius 2 is 1.33 bits per heavy atom. The normalized spacial score (nSPS) is 11.5. The molecule has 2 amide bonds. The largest absolute Gasteiger partial charge is 0.326 e. The molecule has 4 heteroatoms. The van der Waals surface area contributed by atoms with Gasteiger partial charge in [0.1, 0.15) is 0 Å². The number of benzene rings is 2. The maximum atomic E-state index is 12.0. The van der Waals surface area contributed by atoms with E-state index in [0.29, 0.717) is 0 Å². The maximum absolute atomic E-state index is 12.0. The van der Waals surface area contributed by atoms with Crippen molar-refractivity contribution in [2.24, 2.45) is 5.92 Å². The summed E-state index contributed by atoms with van der Waals surface area (Å²) >= 11 is 0. The van der Waals surface area contributed by atoms with Gasteiger partial charge in [0.25, 0.3) is 0 Å². The number of para-hydroxylation sites is 2. The lowest BCUT2D eigenvalue weighted by Crippen LogP contribution is -2.25. The van der Waals surface area contributed by atoms with Crippen LogP contribution in [0.5, 0.6) is 0 Å². The third-order valence-electron chi connectivity index (χ3n) is 3.04. The van der Waals surface area contributed by atoms with Gasteiger partial charge in [-0.05, 0) is 24.3 Å². The summed E-state index contributed by atoms with van der Waals surface area (Å²) in [5.74, 6) is -0.727. The molecule has 0 bridgehead atoms. The van der Waals surface area contributed by atoms with Crippen LogP contribution in [0, 0.1) is 5.92 Å². The highest BCUT2D eigenvalue weighted by Crippen LogP contribution is 2.12. The van der Waals surface area contributed by atoms with E-state index in [1.807, 2.05) is 60.7 Å². The number of anilines is 2. The minimum atomic E-state index is -0.395. The van der Waals surface area contributed by atoms with E-state index in [9.17, 15) is 9.59 Å². The van der Waals surface area contributed by atoms with Crippen LogP contribution < -0.4 is 10.6 Å². The van der Waals surface area contributed by atoms with Gasteiger partial charge in [0.2, 0.25) is 11.8 Å². The molecule has 0 aromatic heterocycles. The van der Waals surface area contributed by atoms with Crippen molar-refractivity contribution in [1.29, 1.82) is 0 Å². The second kappa shape index (κ2) is 7.24. The molecule has 0 saturated carbocycles. The summed E-state index contributed by atoms with van der Waals surface area (Å²) in [5.41, 5.74) is 1.47. The summed E-state index contributed by atoms with van der Waals surface area (Å²) in [6, 6.07) is 18.4. The van der Waals surface area contributed by atoms with E-state index in [0.717, 1.165) is 11.4 Å². The summed E-state index contributed by atoms with van der Waals surface area (Å²) in [4.78, 5) is 23.9. The molecule has 2 aromatic carbocycles. The van der Waals surface area contributed by atoms with Gasteiger partial charge in [0.05, 0.1) is 0 Å². The van der Waals surface area contributed by atoms with Gasteiger partial charge in [-0.3, -0.25) is 9.59 Å². The molecule has 21 heavy (non-hydrogen) atoms. The van der Waals surface area contributed by atoms with Crippen LogP contribution in [0.1, 0.15) is 13.3 Å². The fraction of sp³-hybridized carbons (Fsp3) is 0.176. The zero-order chi connectivity index (χ0) is 15.1. The van der Waals surface area contributed by atoms with Crippen LogP contribution in [0.2, 0.25) is 0 Å². The predicted octanol–water partition coefficient (Wildman–Crippen LogP) is 3.29. The van der Waals surface area contributed by atoms with Gasteiger partial charge in [0.15, 0.2) is 0 Å². The first-order valence-corrected chi connectivity index (χ1v) is 6.86. The van der Waals surface area contributed by atoms with Crippen LogP contribution in [0.4, 0.5) is 11.4 Å². The molecule has 1 atom stereocenters. The third-order valence-corrected chi connectivity index (χ3v) is 3.04. The van der Waals surface area contributed by atoms with Crippen molar-refractivity contribution >= 4 is 23.2 Å². The molecule has 1 unspecified atom stereocenters. The van der Waals surface area contributed by atoms with Crippen molar-refractivity contribution in [2.45, 2.75) is 13.3 Å². The van der Waals surface area contributed by atoms with Gasteiger partial charge >= 0.3 is 0 Å². The Hall–Kier alpha value is -2.62. The molecular weight excluding hydrogens is 264 g/mol. The summed E-state index contributed by atoms with van der Waals surface area (Å²) in [6.45, 7) is 1.74. The summed E-state index contributed by atoms with van der Waals surface area (Å²) in [5, 5.41) is 5.56. The van der Waals surface area contributed by atoms with Crippen LogP contribution in [-0.4, -0.2) is 11.8 Å². The number of hydrogen-bond acceptors (Lipinski definition) is 2. The fourth-order valence-electron chi connectivity index (χ4n) is 1.89. The molecule has 0 spiro atoms. The fourth-order valence-corrected chi connectivity index (χ4v) is 1.89. The van der Waals surface area contributed by atoms with Crippen LogP contribution in [-0.2, 0) is 9.59 Å². The molecule has 0 aliphatic rings. The Bertz CT molecular complexity index is 597. The number of nitrogens with one attached hydrogen (secondary N) is 2. The average molecular weight is 282 g/mol. The van der Waals surface area contributed by atoms with Gasteiger partial charge in [-0.15, -0.1) is 0 Å². The predicted molar refractivity (Wildman–Crippen MR) is 83.9 cm³/mol. The molecule has 0 aliphatic carbocycles. The lowest BCUT2D eigenvalue weighted by Gasteiger charge is -2.12. The third kappa shape index (κ3) is 4.76. The molecule has 0 saturated heterocycles. The Morgan fingerprint density at radius 3 is 1.86 bits per heavy atom. The highest BCUT2D eigenvalue weighted by Gasteiger charge is 2.17. The molecule has 108 valence electrons. The van der Waals surface area contributed by atoms with E-state index in [4.69, 9.17) is 0 Å². The van der Waals surface area contributed by atoms with Crippen molar-refractivity contribution in [3.63, 3.8) is 0 Å². The van der Waals surface area contributed by atoms with Gasteiger partial charge < -0.3 is 10.6 Å². The second-order valence-electron chi connectivity index (χ2n) is 4.87. The second-order valence-corrected chi connectivity index (χ2v) is 4.87. The number of rotatable bonds is 5. The van der Waals surface area contributed by atoms with Crippen molar-refractivity contribution < 1.29 is 9.59 Å². The van der Waals surface area contributed by atoms with E-state index in [1.54, 1.807) is 6.92 Å². The minimum Gasteiger partial charge on any atom is -0.326 e. The summed E-state index contributed by atoms with van der Waals surface area (Å²) in [6.07, 6.45) is 0.146. The van der Waals surface area contributed by atoms with Crippen molar-refractivity contribution in [2.75, 3.05) is 10.6 Å². The zero-order valence-electron chi connectivity index (χ0n) is 11.9. The number of amides is 2. The van der Waals surface area contributed by atoms with Crippen molar-refractivity contribution in [3.8, 4) is 0 Å². The van der Waals surface area contributed by atoms with Gasteiger partial charge in [-0.25, -0.2) is 0 Å². The van der Waals surface area contributed by atoms with E-state index < -0.39 is 5.92 Å². The maximum Gasteiger partial charge on any atom is 0.227 e. The van der Waals surface area contributed by atoms with Gasteiger partial charge in [0, 0.05) is 23.7 Å². The quantitative estimate of drug-likeness (QED) is 0.884. The highest BCUT2D eigenvalue weighted by molar-refractivity contribution is 5.98. The standard InChI is InChI=1S/C17H18N2O2/c1-13(17(21)19-15-10-6-3-7-11-15)12-16(20)18-14-8-4-2-5-9-14/h2-11,13H,12H2,1H3,(H,18,20)(H,19,21). The van der Waals surface area contributed by atoms with Crippen LogP contribution in [0.15, 0.2) is 60.7 Å². The number of carbonyl (C=O) groups excluding carboxylic acids is 2. The van der Waals surface area contributed by atoms with E-state index in [-0.39, 0.29) is 18.2 Å². The summed E-state index contributed by atoms with van der Waals surface area (Å²) in [7, 11) is 0. The first-order chi connectivity index (χ1) is 10.1. The molecule has 0 fully saturated rings. The van der Waals surface area contributed by atoms with E-state index in [1.165, 1.54) is 0 Å². The minimum absolute atomic E-state index is 0.146. The number of hydrogen-bond donors (Lipinski definition) is 2. The Balaban J connectivity index is 1.84. The van der Waals surface area contributed by atoms with Crippen LogP contribution >= 0.6 is 0 Å². The first-order valence-electron chi connectivity index (χ1n) is 6.86. The van der Waals surface area contributed by atoms with E-state index >= 15 is 0 Å². The lowest BCUT2D eigenvalue weighted by molar-refractivity contribution is -0.124. The summed E-state index contributed by atoms with van der Waals surface area (Å²) < 4.78 is 0. The zero-order valence-corrected chi connectivity index (χ0v) is 11.9. The topological polar surface area (TPSA) is 58.2 Å². The Kier molecular flexibility index (Phi) is 5.10. The molecule has 0 aliphatic heterocycles. The van der Waals surface area contributed by atoms with Gasteiger partial charge in [-0.2, -0.15) is 0 Å². The first kappa shape index (κ1) is 14.8. The van der Waals surface area contributed by atoms with Crippen LogP contribution in [0.25, 0.3) is 0 Å². The molecule has 0 heterocycles. The van der Waals surface area contributed by atoms with Crippen molar-refractivity contribution in [3.05, 3.63) is 60.7 Å². The smallest absolute Gasteiger partial charge is 0.227 e.